The summed E-state index contributed by atoms with van der Waals surface area (Å²) in [6, 6.07) is 6.45. The van der Waals surface area contributed by atoms with Crippen molar-refractivity contribution >= 4 is 16.0 Å². The van der Waals surface area contributed by atoms with Crippen LogP contribution in [0.2, 0.25) is 0 Å². The summed E-state index contributed by atoms with van der Waals surface area (Å²) in [5, 5.41) is 8.64. The topological polar surface area (TPSA) is 83.5 Å². The number of sulfonamides is 1. The van der Waals surface area contributed by atoms with Crippen molar-refractivity contribution in [2.45, 2.75) is 50.0 Å². The van der Waals surface area contributed by atoms with Gasteiger partial charge in [0.2, 0.25) is 10.0 Å². The first kappa shape index (κ1) is 16.0. The molecule has 2 atom stereocenters. The van der Waals surface area contributed by atoms with Crippen LogP contribution in [-0.2, 0) is 21.2 Å². The summed E-state index contributed by atoms with van der Waals surface area (Å²) >= 11 is 0. The summed E-state index contributed by atoms with van der Waals surface area (Å²) in [6.45, 7) is 2.06. The second-order valence-corrected chi connectivity index (χ2v) is 7.39. The van der Waals surface area contributed by atoms with Crippen molar-refractivity contribution in [3.8, 4) is 0 Å². The lowest BCUT2D eigenvalue weighted by atomic mass is 10.1. The second kappa shape index (κ2) is 6.58. The summed E-state index contributed by atoms with van der Waals surface area (Å²) in [5.41, 5.74) is 0.825. The monoisotopic (exact) mass is 311 g/mol. The Balaban J connectivity index is 2.04. The van der Waals surface area contributed by atoms with E-state index in [0.29, 0.717) is 12.3 Å². The predicted molar refractivity (Wildman–Crippen MR) is 79.5 cm³/mol. The van der Waals surface area contributed by atoms with E-state index in [-0.39, 0.29) is 17.4 Å². The van der Waals surface area contributed by atoms with Gasteiger partial charge in [0.1, 0.15) is 0 Å². The van der Waals surface area contributed by atoms with Crippen molar-refractivity contribution in [1.82, 2.24) is 4.72 Å². The highest BCUT2D eigenvalue weighted by atomic mass is 32.2. The molecule has 1 saturated carbocycles. The normalized spacial score (nSPS) is 22.3. The first-order valence-electron chi connectivity index (χ1n) is 7.21. The Kier molecular flexibility index (Phi) is 5.00. The zero-order valence-electron chi connectivity index (χ0n) is 12.1. The molecule has 0 bridgehead atoms. The lowest BCUT2D eigenvalue weighted by Crippen LogP contribution is -2.36. The number of carbonyl (C=O) groups is 1. The number of aryl methyl sites for hydroxylation is 1. The van der Waals surface area contributed by atoms with Crippen molar-refractivity contribution in [3.05, 3.63) is 29.8 Å². The van der Waals surface area contributed by atoms with E-state index in [1.54, 1.807) is 24.3 Å². The van der Waals surface area contributed by atoms with Crippen LogP contribution in [0.3, 0.4) is 0 Å². The van der Waals surface area contributed by atoms with Gasteiger partial charge in [-0.15, -0.1) is 0 Å². The van der Waals surface area contributed by atoms with Crippen LogP contribution < -0.4 is 4.72 Å². The molecule has 2 unspecified atom stereocenters. The first-order valence-corrected chi connectivity index (χ1v) is 8.70. The van der Waals surface area contributed by atoms with Gasteiger partial charge in [0.15, 0.2) is 0 Å². The Morgan fingerprint density at radius 2 is 1.95 bits per heavy atom. The summed E-state index contributed by atoms with van der Waals surface area (Å²) in [6.07, 6.45) is 3.45. The van der Waals surface area contributed by atoms with Crippen molar-refractivity contribution in [3.63, 3.8) is 0 Å². The molecule has 21 heavy (non-hydrogen) atoms. The smallest absolute Gasteiger partial charge is 0.303 e. The van der Waals surface area contributed by atoms with Gasteiger partial charge in [0, 0.05) is 12.5 Å². The van der Waals surface area contributed by atoms with Gasteiger partial charge in [0.05, 0.1) is 4.90 Å². The highest BCUT2D eigenvalue weighted by Gasteiger charge is 2.28. The largest absolute Gasteiger partial charge is 0.481 e. The predicted octanol–water partition coefficient (Wildman–Crippen LogP) is 2.17. The van der Waals surface area contributed by atoms with E-state index in [9.17, 15) is 13.2 Å². The van der Waals surface area contributed by atoms with Crippen LogP contribution in [0.15, 0.2) is 29.2 Å². The maximum absolute atomic E-state index is 12.3. The third-order valence-electron chi connectivity index (χ3n) is 4.03. The number of rotatable bonds is 6. The number of carboxylic acids is 1. The van der Waals surface area contributed by atoms with Crippen LogP contribution in [0.4, 0.5) is 0 Å². The maximum atomic E-state index is 12.3. The van der Waals surface area contributed by atoms with E-state index in [1.807, 2.05) is 0 Å². The number of nitrogens with one attached hydrogen (secondary N) is 1. The molecule has 2 rings (SSSR count). The Labute approximate surface area is 125 Å². The zero-order chi connectivity index (χ0) is 15.5. The molecule has 0 amide bonds. The molecule has 5 nitrogen and oxygen atoms in total. The molecule has 1 aromatic rings. The molecule has 0 radical (unpaired) electrons. The maximum Gasteiger partial charge on any atom is 0.303 e. The number of benzene rings is 1. The minimum atomic E-state index is -3.49. The Bertz CT molecular complexity index is 595. The van der Waals surface area contributed by atoms with E-state index in [1.165, 1.54) is 0 Å². The second-order valence-electron chi connectivity index (χ2n) is 5.67. The van der Waals surface area contributed by atoms with Crippen LogP contribution >= 0.6 is 0 Å². The molecule has 1 aliphatic carbocycles. The Morgan fingerprint density at radius 3 is 2.48 bits per heavy atom. The molecule has 0 spiro atoms. The third-order valence-corrected chi connectivity index (χ3v) is 5.54. The summed E-state index contributed by atoms with van der Waals surface area (Å²) in [4.78, 5) is 10.8. The number of hydrogen-bond acceptors (Lipinski definition) is 3. The number of carboxylic acid groups (broad SMARTS) is 1. The summed E-state index contributed by atoms with van der Waals surface area (Å²) in [5.74, 6) is -0.488. The number of aliphatic carboxylic acids is 1. The van der Waals surface area contributed by atoms with Gasteiger partial charge in [-0.3, -0.25) is 4.79 Å². The van der Waals surface area contributed by atoms with Crippen LogP contribution in [0.1, 0.15) is 38.2 Å². The lowest BCUT2D eigenvalue weighted by molar-refractivity contribution is -0.136. The molecular weight excluding hydrogens is 290 g/mol. The molecule has 116 valence electrons. The Morgan fingerprint density at radius 1 is 1.29 bits per heavy atom. The van der Waals surface area contributed by atoms with E-state index in [4.69, 9.17) is 5.11 Å². The lowest BCUT2D eigenvalue weighted by Gasteiger charge is -2.17. The van der Waals surface area contributed by atoms with Gasteiger partial charge in [-0.2, -0.15) is 0 Å². The summed E-state index contributed by atoms with van der Waals surface area (Å²) < 4.78 is 27.4. The van der Waals surface area contributed by atoms with Crippen molar-refractivity contribution in [1.29, 1.82) is 0 Å². The van der Waals surface area contributed by atoms with Gasteiger partial charge >= 0.3 is 5.97 Å². The molecule has 0 heterocycles. The van der Waals surface area contributed by atoms with Crippen molar-refractivity contribution in [2.75, 3.05) is 0 Å². The van der Waals surface area contributed by atoms with Gasteiger partial charge in [-0.05, 0) is 42.9 Å². The quantitative estimate of drug-likeness (QED) is 0.843. The highest BCUT2D eigenvalue weighted by Crippen LogP contribution is 2.26. The van der Waals surface area contributed by atoms with Crippen molar-refractivity contribution in [2.24, 2.45) is 5.92 Å². The van der Waals surface area contributed by atoms with E-state index >= 15 is 0 Å². The number of hydrogen-bond donors (Lipinski definition) is 2. The molecule has 1 fully saturated rings. The van der Waals surface area contributed by atoms with Gasteiger partial charge < -0.3 is 5.11 Å². The molecule has 0 saturated heterocycles. The third kappa shape index (κ3) is 4.28. The fraction of sp³-hybridized carbons (Fsp3) is 0.533. The average molecular weight is 311 g/mol. The SMILES string of the molecule is CC1CCCC1NS(=O)(=O)c1ccc(CCC(=O)O)cc1. The highest BCUT2D eigenvalue weighted by molar-refractivity contribution is 7.89. The van der Waals surface area contributed by atoms with Crippen molar-refractivity contribution < 1.29 is 18.3 Å². The molecule has 1 aliphatic rings. The molecule has 6 heteroatoms. The van der Waals surface area contributed by atoms with Gasteiger partial charge in [-0.25, -0.2) is 13.1 Å². The molecule has 0 aliphatic heterocycles. The van der Waals surface area contributed by atoms with E-state index < -0.39 is 16.0 Å². The van der Waals surface area contributed by atoms with Crippen LogP contribution in [0.5, 0.6) is 0 Å². The van der Waals surface area contributed by atoms with Gasteiger partial charge in [-0.1, -0.05) is 25.5 Å². The fourth-order valence-electron chi connectivity index (χ4n) is 2.67. The summed E-state index contributed by atoms with van der Waals surface area (Å²) in [7, 11) is -3.49. The standard InChI is InChI=1S/C15H21NO4S/c1-11-3-2-4-14(11)16-21(19,20)13-8-5-12(6-9-13)7-10-15(17)18/h5-6,8-9,11,14,16H,2-4,7,10H2,1H3,(H,17,18). The zero-order valence-corrected chi connectivity index (χ0v) is 12.9. The molecule has 1 aromatic carbocycles. The molecule has 0 aromatic heterocycles. The molecular formula is C15H21NO4S. The minimum Gasteiger partial charge on any atom is -0.481 e. The van der Waals surface area contributed by atoms with E-state index in [2.05, 4.69) is 11.6 Å². The molecule has 2 N–H and O–H groups in total. The van der Waals surface area contributed by atoms with Gasteiger partial charge in [0.25, 0.3) is 0 Å². The van der Waals surface area contributed by atoms with Crippen LogP contribution in [0, 0.1) is 5.92 Å². The van der Waals surface area contributed by atoms with Crippen LogP contribution in [-0.4, -0.2) is 25.5 Å². The fourth-order valence-corrected chi connectivity index (χ4v) is 4.05. The minimum absolute atomic E-state index is 0.0155. The van der Waals surface area contributed by atoms with E-state index in [0.717, 1.165) is 24.8 Å². The Hall–Kier alpha value is -1.40. The van der Waals surface area contributed by atoms with Crippen LogP contribution in [0.25, 0.3) is 0 Å². The first-order chi connectivity index (χ1) is 9.88. The average Bonchev–Trinajstić information content (AvgIpc) is 2.82.